The van der Waals surface area contributed by atoms with Gasteiger partial charge in [-0.15, -0.1) is 0 Å². The molecule has 1 aliphatic heterocycles. The third kappa shape index (κ3) is 5.30. The van der Waals surface area contributed by atoms with E-state index in [4.69, 9.17) is 26.9 Å². The van der Waals surface area contributed by atoms with Crippen molar-refractivity contribution in [3.8, 4) is 11.5 Å². The van der Waals surface area contributed by atoms with Crippen LogP contribution in [0.15, 0.2) is 59.5 Å². The number of methoxy groups -OCH3 is 1. The number of halogens is 2. The number of carbonyl (C=O) groups is 1. The number of hydrogen-bond acceptors (Lipinski definition) is 8. The van der Waals surface area contributed by atoms with Gasteiger partial charge in [-0.1, -0.05) is 17.7 Å². The van der Waals surface area contributed by atoms with E-state index >= 15 is 0 Å². The molecule has 0 unspecified atom stereocenters. The Morgan fingerprint density at radius 2 is 2.19 bits per heavy atom. The Labute approximate surface area is 218 Å². The summed E-state index contributed by atoms with van der Waals surface area (Å²) in [6, 6.07) is 11.1. The van der Waals surface area contributed by atoms with E-state index in [-0.39, 0.29) is 36.3 Å². The second-order valence-corrected chi connectivity index (χ2v) is 8.94. The Bertz CT molecular complexity index is 1440. The zero-order valence-corrected chi connectivity index (χ0v) is 20.7. The molecule has 1 fully saturated rings. The predicted octanol–water partition coefficient (Wildman–Crippen LogP) is 4.54. The SMILES string of the molecule is [2H]CN1C[C@@H](Oc2cc3c(Nc4cccc(Cl)c4F)ncnc3cc2OC)C[C@H]1C(=O)NCc1ccco1. The summed E-state index contributed by atoms with van der Waals surface area (Å²) in [7, 11) is 1.46. The number of likely N-dealkylation sites (N-methyl/N-ethyl adjacent to an activating group) is 1. The van der Waals surface area contributed by atoms with E-state index < -0.39 is 11.9 Å². The standard InChI is InChI=1S/C26H25ClFN5O4/c1-33-13-16(9-21(33)26(34)29-12-15-5-4-8-36-15)37-23-10-17-20(11-22(23)35-2)30-14-31-25(17)32-19-7-3-6-18(27)24(19)28/h3-8,10-11,14,16,21H,9,12-13H2,1-2H3,(H,29,34)(H,30,31,32)/t16-,21-/m0/s1/i1D. The molecule has 1 aliphatic rings. The van der Waals surface area contributed by atoms with E-state index in [2.05, 4.69) is 20.6 Å². The fourth-order valence-electron chi connectivity index (χ4n) is 4.25. The highest BCUT2D eigenvalue weighted by Crippen LogP contribution is 2.37. The first kappa shape index (κ1) is 23.5. The fraction of sp³-hybridized carbons (Fsp3) is 0.269. The van der Waals surface area contributed by atoms with Gasteiger partial charge < -0.3 is 24.5 Å². The molecule has 192 valence electrons. The van der Waals surface area contributed by atoms with Gasteiger partial charge in [0.15, 0.2) is 17.3 Å². The minimum Gasteiger partial charge on any atom is -0.493 e. The molecule has 1 amide bonds. The summed E-state index contributed by atoms with van der Waals surface area (Å²) in [5.41, 5.74) is 0.726. The molecule has 2 aromatic carbocycles. The lowest BCUT2D eigenvalue weighted by Crippen LogP contribution is -2.40. The van der Waals surface area contributed by atoms with Crippen LogP contribution in [-0.4, -0.2) is 53.6 Å². The molecule has 0 bridgehead atoms. The van der Waals surface area contributed by atoms with Gasteiger partial charge >= 0.3 is 0 Å². The average Bonchev–Trinajstić information content (AvgIpc) is 3.60. The summed E-state index contributed by atoms with van der Waals surface area (Å²) >= 11 is 5.93. The lowest BCUT2D eigenvalue weighted by molar-refractivity contribution is -0.125. The first-order chi connectivity index (χ1) is 18.5. The molecule has 1 saturated heterocycles. The largest absolute Gasteiger partial charge is 0.493 e. The van der Waals surface area contributed by atoms with Gasteiger partial charge in [-0.05, 0) is 37.4 Å². The lowest BCUT2D eigenvalue weighted by atomic mass is 10.1. The summed E-state index contributed by atoms with van der Waals surface area (Å²) < 4.78 is 39.5. The maximum atomic E-state index is 14.5. The van der Waals surface area contributed by atoms with E-state index in [0.717, 1.165) is 0 Å². The van der Waals surface area contributed by atoms with E-state index in [9.17, 15) is 9.18 Å². The molecule has 2 aromatic heterocycles. The van der Waals surface area contributed by atoms with Gasteiger partial charge in [0.25, 0.3) is 0 Å². The fourth-order valence-corrected chi connectivity index (χ4v) is 4.42. The topological polar surface area (TPSA) is 102 Å². The van der Waals surface area contributed by atoms with Crippen LogP contribution in [0.3, 0.4) is 0 Å². The number of fused-ring (bicyclic) bond motifs is 1. The van der Waals surface area contributed by atoms with Gasteiger partial charge in [-0.2, -0.15) is 0 Å². The summed E-state index contributed by atoms with van der Waals surface area (Å²) in [5, 5.41) is 6.40. The molecular weight excluding hydrogens is 501 g/mol. The number of benzene rings is 2. The quantitative estimate of drug-likeness (QED) is 0.345. The van der Waals surface area contributed by atoms with Gasteiger partial charge in [0.05, 0.1) is 42.2 Å². The van der Waals surface area contributed by atoms with Crippen LogP contribution in [0.5, 0.6) is 11.5 Å². The predicted molar refractivity (Wildman–Crippen MR) is 137 cm³/mol. The van der Waals surface area contributed by atoms with Crippen LogP contribution in [0.25, 0.3) is 10.9 Å². The minimum absolute atomic E-state index is 0.0121. The van der Waals surface area contributed by atoms with Crippen LogP contribution in [0.2, 0.25) is 5.02 Å². The molecule has 9 nitrogen and oxygen atoms in total. The van der Waals surface area contributed by atoms with E-state index in [1.807, 2.05) is 0 Å². The van der Waals surface area contributed by atoms with Crippen molar-refractivity contribution >= 4 is 39.9 Å². The van der Waals surface area contributed by atoms with E-state index in [1.54, 1.807) is 47.6 Å². The van der Waals surface area contributed by atoms with Gasteiger partial charge in [0, 0.05) is 25.8 Å². The van der Waals surface area contributed by atoms with Crippen molar-refractivity contribution in [1.82, 2.24) is 20.2 Å². The molecule has 3 heterocycles. The number of ether oxygens (including phenoxy) is 2. The monoisotopic (exact) mass is 526 g/mol. The van der Waals surface area contributed by atoms with Crippen molar-refractivity contribution in [3.63, 3.8) is 0 Å². The first-order valence-corrected chi connectivity index (χ1v) is 11.9. The molecule has 4 aromatic rings. The van der Waals surface area contributed by atoms with Crippen molar-refractivity contribution < 1.29 is 24.4 Å². The molecule has 37 heavy (non-hydrogen) atoms. The zero-order valence-electron chi connectivity index (χ0n) is 20.9. The normalized spacial score (nSPS) is 18.0. The Morgan fingerprint density at radius 1 is 1.30 bits per heavy atom. The zero-order chi connectivity index (χ0) is 26.6. The second kappa shape index (κ2) is 10.6. The number of anilines is 2. The summed E-state index contributed by atoms with van der Waals surface area (Å²) in [4.78, 5) is 23.2. The van der Waals surface area contributed by atoms with Crippen LogP contribution in [0, 0.1) is 5.82 Å². The average molecular weight is 527 g/mol. The third-order valence-corrected chi connectivity index (χ3v) is 6.40. The number of rotatable bonds is 8. The number of nitrogens with one attached hydrogen (secondary N) is 2. The number of furan rings is 1. The number of likely N-dealkylation sites (tertiary alicyclic amines) is 1. The highest BCUT2D eigenvalue weighted by molar-refractivity contribution is 6.31. The third-order valence-electron chi connectivity index (χ3n) is 6.10. The summed E-state index contributed by atoms with van der Waals surface area (Å²) in [6.45, 7) is 0.648. The van der Waals surface area contributed by atoms with Crippen LogP contribution in [0.4, 0.5) is 15.9 Å². The Morgan fingerprint density at radius 3 is 2.97 bits per heavy atom. The van der Waals surface area contributed by atoms with Crippen LogP contribution in [0.1, 0.15) is 13.6 Å². The van der Waals surface area contributed by atoms with Gasteiger partial charge in [-0.3, -0.25) is 9.69 Å². The smallest absolute Gasteiger partial charge is 0.237 e. The van der Waals surface area contributed by atoms with Gasteiger partial charge in [0.1, 0.15) is 24.0 Å². The molecule has 0 aliphatic carbocycles. The highest BCUT2D eigenvalue weighted by Gasteiger charge is 2.36. The van der Waals surface area contributed by atoms with Crippen molar-refractivity contribution in [1.29, 1.82) is 0 Å². The van der Waals surface area contributed by atoms with Crippen molar-refractivity contribution in [2.75, 3.05) is 26.0 Å². The maximum absolute atomic E-state index is 14.5. The number of aromatic nitrogens is 2. The minimum atomic E-state index is -0.594. The van der Waals surface area contributed by atoms with Crippen molar-refractivity contribution in [2.24, 2.45) is 0 Å². The molecule has 5 rings (SSSR count). The number of nitrogens with zero attached hydrogens (tertiary/aromatic N) is 3. The first-order valence-electron chi connectivity index (χ1n) is 12.2. The van der Waals surface area contributed by atoms with Crippen LogP contribution >= 0.6 is 11.6 Å². The second-order valence-electron chi connectivity index (χ2n) is 8.53. The Balaban J connectivity index is 1.37. The molecule has 0 radical (unpaired) electrons. The van der Waals surface area contributed by atoms with E-state index in [1.165, 1.54) is 19.5 Å². The molecule has 11 heteroatoms. The van der Waals surface area contributed by atoms with Crippen molar-refractivity contribution in [2.45, 2.75) is 25.1 Å². The Hall–Kier alpha value is -3.89. The van der Waals surface area contributed by atoms with Crippen LogP contribution in [-0.2, 0) is 11.3 Å². The van der Waals surface area contributed by atoms with Crippen LogP contribution < -0.4 is 20.1 Å². The van der Waals surface area contributed by atoms with Gasteiger partial charge in [-0.25, -0.2) is 14.4 Å². The number of hydrogen-bond donors (Lipinski definition) is 2. The van der Waals surface area contributed by atoms with Crippen molar-refractivity contribution in [3.05, 3.63) is 71.7 Å². The highest BCUT2D eigenvalue weighted by atomic mass is 35.5. The maximum Gasteiger partial charge on any atom is 0.237 e. The van der Waals surface area contributed by atoms with Gasteiger partial charge in [0.2, 0.25) is 5.91 Å². The molecule has 0 saturated carbocycles. The Kier molecular flexibility index (Phi) is 6.74. The van der Waals surface area contributed by atoms with E-state index in [0.29, 0.717) is 46.9 Å². The summed E-state index contributed by atoms with van der Waals surface area (Å²) in [5.74, 6) is 1.07. The molecular formula is C26H25ClFN5O4. The number of carbonyl (C=O) groups excluding carboxylic acids is 1. The molecule has 0 spiro atoms. The lowest BCUT2D eigenvalue weighted by Gasteiger charge is -2.17. The molecule has 2 N–H and O–H groups in total. The number of amides is 1. The molecule has 2 atom stereocenters. The summed E-state index contributed by atoms with van der Waals surface area (Å²) in [6.07, 6.45) is 2.92.